The molecule has 0 saturated carbocycles. The molecule has 0 aromatic carbocycles. The molecule has 0 bridgehead atoms. The first-order chi connectivity index (χ1) is 6.16. The Labute approximate surface area is 88.1 Å². The first-order valence-corrected chi connectivity index (χ1v) is 6.54. The average molecular weight is 203 g/mol. The number of rotatable bonds is 8. The molecule has 1 unspecified atom stereocenters. The Hall–Kier alpha value is 0.310. The van der Waals surface area contributed by atoms with Gasteiger partial charge in [-0.1, -0.05) is 27.7 Å². The fourth-order valence-electron chi connectivity index (χ4n) is 0.966. The fraction of sp³-hybridized carbons (Fsp3) is 1.00. The van der Waals surface area contributed by atoms with Crippen molar-refractivity contribution in [1.29, 1.82) is 0 Å². The van der Waals surface area contributed by atoms with Crippen LogP contribution in [0.15, 0.2) is 0 Å². The molecular weight excluding hydrogens is 178 g/mol. The van der Waals surface area contributed by atoms with E-state index in [0.717, 1.165) is 11.2 Å². The van der Waals surface area contributed by atoms with E-state index in [1.54, 1.807) is 0 Å². The smallest absolute Gasteiger partial charge is 0.00607 e. The van der Waals surface area contributed by atoms with Crippen LogP contribution in [0.1, 0.15) is 40.5 Å². The molecule has 1 atom stereocenters. The molecular formula is C11H25NS. The molecule has 0 spiro atoms. The van der Waals surface area contributed by atoms with Crippen molar-refractivity contribution in [3.8, 4) is 0 Å². The lowest BCUT2D eigenvalue weighted by molar-refractivity contribution is 0.547. The lowest BCUT2D eigenvalue weighted by Crippen LogP contribution is -2.20. The van der Waals surface area contributed by atoms with E-state index in [-0.39, 0.29) is 0 Å². The predicted molar refractivity (Wildman–Crippen MR) is 64.5 cm³/mol. The molecule has 0 aliphatic heterocycles. The normalized spacial score (nSPS) is 13.6. The van der Waals surface area contributed by atoms with Crippen LogP contribution < -0.4 is 5.32 Å². The summed E-state index contributed by atoms with van der Waals surface area (Å²) in [5.74, 6) is 2.09. The van der Waals surface area contributed by atoms with Crippen molar-refractivity contribution in [1.82, 2.24) is 5.32 Å². The zero-order valence-electron chi connectivity index (χ0n) is 9.60. The molecule has 13 heavy (non-hydrogen) atoms. The minimum atomic E-state index is 0.826. The highest BCUT2D eigenvalue weighted by molar-refractivity contribution is 7.99. The third-order valence-electron chi connectivity index (χ3n) is 2.15. The SMILES string of the molecule is CCC(C)SCCNCCC(C)C. The molecule has 0 heterocycles. The first kappa shape index (κ1) is 13.3. The zero-order chi connectivity index (χ0) is 10.1. The molecule has 0 aliphatic rings. The summed E-state index contributed by atoms with van der Waals surface area (Å²) in [4.78, 5) is 0. The summed E-state index contributed by atoms with van der Waals surface area (Å²) in [5.41, 5.74) is 0. The molecule has 0 aromatic rings. The van der Waals surface area contributed by atoms with Gasteiger partial charge in [0.15, 0.2) is 0 Å². The van der Waals surface area contributed by atoms with Crippen molar-refractivity contribution in [2.75, 3.05) is 18.8 Å². The van der Waals surface area contributed by atoms with Crippen LogP contribution in [0.2, 0.25) is 0 Å². The van der Waals surface area contributed by atoms with E-state index in [9.17, 15) is 0 Å². The van der Waals surface area contributed by atoms with Gasteiger partial charge in [-0.25, -0.2) is 0 Å². The number of nitrogens with one attached hydrogen (secondary N) is 1. The van der Waals surface area contributed by atoms with Crippen LogP contribution in [-0.4, -0.2) is 24.1 Å². The fourth-order valence-corrected chi connectivity index (χ4v) is 1.87. The van der Waals surface area contributed by atoms with Gasteiger partial charge in [0.05, 0.1) is 0 Å². The zero-order valence-corrected chi connectivity index (χ0v) is 10.4. The summed E-state index contributed by atoms with van der Waals surface area (Å²) in [6.07, 6.45) is 2.59. The third kappa shape index (κ3) is 10.2. The quantitative estimate of drug-likeness (QED) is 0.608. The van der Waals surface area contributed by atoms with Crippen molar-refractivity contribution < 1.29 is 0 Å². The van der Waals surface area contributed by atoms with Gasteiger partial charge in [-0.3, -0.25) is 0 Å². The molecule has 0 saturated heterocycles. The van der Waals surface area contributed by atoms with E-state index in [1.165, 1.54) is 31.7 Å². The monoisotopic (exact) mass is 203 g/mol. The van der Waals surface area contributed by atoms with Gasteiger partial charge in [-0.15, -0.1) is 0 Å². The molecule has 0 rings (SSSR count). The van der Waals surface area contributed by atoms with Crippen molar-refractivity contribution in [3.63, 3.8) is 0 Å². The molecule has 1 nitrogen and oxygen atoms in total. The molecule has 2 heteroatoms. The topological polar surface area (TPSA) is 12.0 Å². The summed E-state index contributed by atoms with van der Waals surface area (Å²) in [6, 6.07) is 0. The maximum Gasteiger partial charge on any atom is 0.00607 e. The van der Waals surface area contributed by atoms with Gasteiger partial charge < -0.3 is 5.32 Å². The molecule has 0 fully saturated rings. The molecule has 0 amide bonds. The molecule has 0 aliphatic carbocycles. The van der Waals surface area contributed by atoms with E-state index in [1.807, 2.05) is 0 Å². The van der Waals surface area contributed by atoms with Crippen LogP contribution in [0.25, 0.3) is 0 Å². The Bertz CT molecular complexity index is 104. The van der Waals surface area contributed by atoms with E-state index >= 15 is 0 Å². The highest BCUT2D eigenvalue weighted by Gasteiger charge is 1.98. The van der Waals surface area contributed by atoms with E-state index < -0.39 is 0 Å². The van der Waals surface area contributed by atoms with E-state index in [4.69, 9.17) is 0 Å². The standard InChI is InChI=1S/C11H25NS/c1-5-11(4)13-9-8-12-7-6-10(2)3/h10-12H,5-9H2,1-4H3. The van der Waals surface area contributed by atoms with Gasteiger partial charge in [0.25, 0.3) is 0 Å². The summed E-state index contributed by atoms with van der Waals surface area (Å²) in [5, 5.41) is 4.30. The van der Waals surface area contributed by atoms with Crippen LogP contribution in [-0.2, 0) is 0 Å². The second-order valence-electron chi connectivity index (χ2n) is 4.02. The van der Waals surface area contributed by atoms with Crippen molar-refractivity contribution in [2.24, 2.45) is 5.92 Å². The van der Waals surface area contributed by atoms with Crippen LogP contribution in [0.3, 0.4) is 0 Å². The largest absolute Gasteiger partial charge is 0.316 e. The minimum absolute atomic E-state index is 0.826. The average Bonchev–Trinajstić information content (AvgIpc) is 2.10. The van der Waals surface area contributed by atoms with Gasteiger partial charge in [-0.2, -0.15) is 11.8 Å². The Morgan fingerprint density at radius 1 is 1.15 bits per heavy atom. The highest BCUT2D eigenvalue weighted by atomic mass is 32.2. The Balaban J connectivity index is 2.99. The van der Waals surface area contributed by atoms with Gasteiger partial charge in [0.2, 0.25) is 0 Å². The third-order valence-corrected chi connectivity index (χ3v) is 3.50. The Morgan fingerprint density at radius 3 is 2.38 bits per heavy atom. The Kier molecular flexibility index (Phi) is 9.10. The predicted octanol–water partition coefficient (Wildman–Crippen LogP) is 3.15. The Morgan fingerprint density at radius 2 is 1.85 bits per heavy atom. The molecule has 80 valence electrons. The van der Waals surface area contributed by atoms with E-state index in [2.05, 4.69) is 44.8 Å². The maximum absolute atomic E-state index is 3.48. The second-order valence-corrected chi connectivity index (χ2v) is 5.57. The number of thioether (sulfide) groups is 1. The maximum atomic E-state index is 3.48. The van der Waals surface area contributed by atoms with Crippen LogP contribution in [0.5, 0.6) is 0 Å². The molecule has 0 aromatic heterocycles. The van der Waals surface area contributed by atoms with E-state index in [0.29, 0.717) is 0 Å². The lowest BCUT2D eigenvalue weighted by atomic mass is 10.1. The van der Waals surface area contributed by atoms with Crippen molar-refractivity contribution >= 4 is 11.8 Å². The number of hydrogen-bond acceptors (Lipinski definition) is 2. The number of hydrogen-bond donors (Lipinski definition) is 1. The summed E-state index contributed by atoms with van der Waals surface area (Å²) in [7, 11) is 0. The van der Waals surface area contributed by atoms with Gasteiger partial charge >= 0.3 is 0 Å². The summed E-state index contributed by atoms with van der Waals surface area (Å²) in [6.45, 7) is 11.5. The molecule has 0 radical (unpaired) electrons. The van der Waals surface area contributed by atoms with Crippen LogP contribution >= 0.6 is 11.8 Å². The van der Waals surface area contributed by atoms with Gasteiger partial charge in [0.1, 0.15) is 0 Å². The van der Waals surface area contributed by atoms with Gasteiger partial charge in [0, 0.05) is 17.5 Å². The van der Waals surface area contributed by atoms with Crippen molar-refractivity contribution in [3.05, 3.63) is 0 Å². The summed E-state index contributed by atoms with van der Waals surface area (Å²) >= 11 is 2.07. The van der Waals surface area contributed by atoms with Crippen LogP contribution in [0.4, 0.5) is 0 Å². The highest BCUT2D eigenvalue weighted by Crippen LogP contribution is 2.11. The van der Waals surface area contributed by atoms with Gasteiger partial charge in [-0.05, 0) is 25.3 Å². The second kappa shape index (κ2) is 8.89. The summed E-state index contributed by atoms with van der Waals surface area (Å²) < 4.78 is 0. The van der Waals surface area contributed by atoms with Crippen molar-refractivity contribution in [2.45, 2.75) is 45.8 Å². The minimum Gasteiger partial charge on any atom is -0.316 e. The van der Waals surface area contributed by atoms with Crippen LogP contribution in [0, 0.1) is 5.92 Å². The first-order valence-electron chi connectivity index (χ1n) is 5.49. The molecule has 1 N–H and O–H groups in total. The lowest BCUT2D eigenvalue weighted by Gasteiger charge is -2.09.